The average Bonchev–Trinajstić information content (AvgIpc) is 2.67. The fourth-order valence-electron chi connectivity index (χ4n) is 2.27. The molecular weight excluding hydrogens is 256 g/mol. The predicted octanol–water partition coefficient (Wildman–Crippen LogP) is 2.14. The van der Waals surface area contributed by atoms with Crippen LogP contribution in [0.1, 0.15) is 31.4 Å². The second-order valence-electron chi connectivity index (χ2n) is 4.01. The van der Waals surface area contributed by atoms with E-state index >= 15 is 0 Å². The molecule has 1 aliphatic carbocycles. The van der Waals surface area contributed by atoms with Crippen molar-refractivity contribution in [2.45, 2.75) is 31.1 Å². The third-order valence-corrected chi connectivity index (χ3v) is 3.63. The zero-order chi connectivity index (χ0) is 10.9. The molecule has 0 atom stereocenters. The van der Waals surface area contributed by atoms with Gasteiger partial charge in [-0.3, -0.25) is 9.78 Å². The van der Waals surface area contributed by atoms with Gasteiger partial charge in [0.2, 0.25) is 5.91 Å². The maximum Gasteiger partial charge on any atom is 0.229 e. The van der Waals surface area contributed by atoms with Gasteiger partial charge >= 0.3 is 0 Å². The van der Waals surface area contributed by atoms with E-state index in [4.69, 9.17) is 5.73 Å². The first kappa shape index (κ1) is 10.6. The first-order chi connectivity index (χ1) is 7.15. The van der Waals surface area contributed by atoms with E-state index in [1.165, 1.54) is 0 Å². The summed E-state index contributed by atoms with van der Waals surface area (Å²) < 4.78 is 0.944. The molecule has 4 heteroatoms. The molecule has 0 aromatic carbocycles. The molecule has 0 radical (unpaired) electrons. The molecule has 1 fully saturated rings. The van der Waals surface area contributed by atoms with Gasteiger partial charge in [0, 0.05) is 10.7 Å². The number of hydrogen-bond donors (Lipinski definition) is 1. The fraction of sp³-hybridized carbons (Fsp3) is 0.455. The zero-order valence-electron chi connectivity index (χ0n) is 8.37. The van der Waals surface area contributed by atoms with E-state index in [0.717, 1.165) is 35.8 Å². The van der Waals surface area contributed by atoms with Crippen LogP contribution >= 0.6 is 15.9 Å². The third kappa shape index (κ3) is 1.78. The van der Waals surface area contributed by atoms with Gasteiger partial charge in [0.25, 0.3) is 0 Å². The van der Waals surface area contributed by atoms with Crippen molar-refractivity contribution >= 4 is 21.8 Å². The Bertz CT molecular complexity index is 386. The van der Waals surface area contributed by atoms with Crippen molar-refractivity contribution in [2.75, 3.05) is 0 Å². The number of carbonyl (C=O) groups is 1. The molecule has 1 saturated carbocycles. The van der Waals surface area contributed by atoms with Crippen LogP contribution in [0, 0.1) is 0 Å². The molecule has 1 aliphatic rings. The molecule has 2 N–H and O–H groups in total. The number of halogens is 1. The minimum absolute atomic E-state index is 0.245. The van der Waals surface area contributed by atoms with E-state index in [1.54, 1.807) is 6.20 Å². The van der Waals surface area contributed by atoms with Crippen LogP contribution in [-0.4, -0.2) is 10.9 Å². The maximum absolute atomic E-state index is 11.6. The van der Waals surface area contributed by atoms with Gasteiger partial charge in [0.05, 0.1) is 11.1 Å². The van der Waals surface area contributed by atoms with Crippen LogP contribution in [0.3, 0.4) is 0 Å². The van der Waals surface area contributed by atoms with E-state index in [9.17, 15) is 4.79 Å². The quantitative estimate of drug-likeness (QED) is 0.894. The number of amides is 1. The smallest absolute Gasteiger partial charge is 0.229 e. The van der Waals surface area contributed by atoms with Gasteiger partial charge in [0.15, 0.2) is 0 Å². The highest BCUT2D eigenvalue weighted by atomic mass is 79.9. The summed E-state index contributed by atoms with van der Waals surface area (Å²) >= 11 is 3.39. The van der Waals surface area contributed by atoms with Crippen molar-refractivity contribution in [1.82, 2.24) is 4.98 Å². The monoisotopic (exact) mass is 268 g/mol. The number of carbonyl (C=O) groups excluding carboxylic acids is 1. The highest BCUT2D eigenvalue weighted by Crippen LogP contribution is 2.40. The average molecular weight is 269 g/mol. The molecule has 1 aromatic rings. The molecule has 0 bridgehead atoms. The second kappa shape index (κ2) is 3.93. The van der Waals surface area contributed by atoms with Crippen LogP contribution in [0.15, 0.2) is 22.8 Å². The van der Waals surface area contributed by atoms with E-state index in [0.29, 0.717) is 0 Å². The number of nitrogens with two attached hydrogens (primary N) is 1. The summed E-state index contributed by atoms with van der Waals surface area (Å²) in [5.74, 6) is -0.245. The molecule has 15 heavy (non-hydrogen) atoms. The van der Waals surface area contributed by atoms with E-state index in [-0.39, 0.29) is 5.91 Å². The minimum atomic E-state index is -0.524. The van der Waals surface area contributed by atoms with Crippen molar-refractivity contribution in [3.05, 3.63) is 28.5 Å². The van der Waals surface area contributed by atoms with Crippen molar-refractivity contribution < 1.29 is 4.79 Å². The Labute approximate surface area is 97.2 Å². The van der Waals surface area contributed by atoms with E-state index in [1.807, 2.05) is 12.1 Å². The second-order valence-corrected chi connectivity index (χ2v) is 4.93. The van der Waals surface area contributed by atoms with Gasteiger partial charge in [-0.25, -0.2) is 0 Å². The zero-order valence-corrected chi connectivity index (χ0v) is 9.96. The summed E-state index contributed by atoms with van der Waals surface area (Å²) in [4.78, 5) is 15.9. The molecule has 0 spiro atoms. The van der Waals surface area contributed by atoms with Crippen LogP contribution in [-0.2, 0) is 10.2 Å². The minimum Gasteiger partial charge on any atom is -0.369 e. The molecule has 2 rings (SSSR count). The molecule has 1 amide bonds. The molecule has 1 heterocycles. The number of nitrogens with zero attached hydrogens (tertiary/aromatic N) is 1. The summed E-state index contributed by atoms with van der Waals surface area (Å²) in [6, 6.07) is 3.75. The number of hydrogen-bond acceptors (Lipinski definition) is 2. The summed E-state index contributed by atoms with van der Waals surface area (Å²) in [5.41, 5.74) is 5.80. The lowest BCUT2D eigenvalue weighted by Crippen LogP contribution is -2.39. The number of rotatable bonds is 2. The third-order valence-electron chi connectivity index (χ3n) is 3.14. The Kier molecular flexibility index (Phi) is 2.78. The Balaban J connectivity index is 2.45. The maximum atomic E-state index is 11.6. The Morgan fingerprint density at radius 3 is 2.67 bits per heavy atom. The first-order valence-electron chi connectivity index (χ1n) is 5.07. The van der Waals surface area contributed by atoms with Crippen molar-refractivity contribution in [3.8, 4) is 0 Å². The number of pyridine rings is 1. The van der Waals surface area contributed by atoms with Gasteiger partial charge in [-0.15, -0.1) is 0 Å². The number of primary amides is 1. The van der Waals surface area contributed by atoms with Crippen LogP contribution < -0.4 is 5.73 Å². The Morgan fingerprint density at radius 1 is 1.47 bits per heavy atom. The highest BCUT2D eigenvalue weighted by molar-refractivity contribution is 9.10. The molecule has 0 saturated heterocycles. The Hall–Kier alpha value is -0.900. The van der Waals surface area contributed by atoms with Gasteiger partial charge < -0.3 is 5.73 Å². The van der Waals surface area contributed by atoms with Crippen molar-refractivity contribution in [3.63, 3.8) is 0 Å². The summed E-state index contributed by atoms with van der Waals surface area (Å²) in [6.45, 7) is 0. The van der Waals surface area contributed by atoms with E-state index in [2.05, 4.69) is 20.9 Å². The number of aromatic nitrogens is 1. The fourth-order valence-corrected chi connectivity index (χ4v) is 2.61. The molecule has 0 aliphatic heterocycles. The normalized spacial score (nSPS) is 19.0. The van der Waals surface area contributed by atoms with Crippen LogP contribution in [0.5, 0.6) is 0 Å². The van der Waals surface area contributed by atoms with Gasteiger partial charge in [-0.2, -0.15) is 0 Å². The summed E-state index contributed by atoms with van der Waals surface area (Å²) in [7, 11) is 0. The van der Waals surface area contributed by atoms with Gasteiger partial charge in [0.1, 0.15) is 0 Å². The van der Waals surface area contributed by atoms with Crippen LogP contribution in [0.4, 0.5) is 0 Å². The largest absolute Gasteiger partial charge is 0.369 e. The molecule has 1 aromatic heterocycles. The molecule has 80 valence electrons. The summed E-state index contributed by atoms with van der Waals surface area (Å²) in [5, 5.41) is 0. The van der Waals surface area contributed by atoms with Gasteiger partial charge in [-0.1, -0.05) is 28.8 Å². The van der Waals surface area contributed by atoms with Gasteiger partial charge in [-0.05, 0) is 25.0 Å². The van der Waals surface area contributed by atoms with Crippen molar-refractivity contribution in [2.24, 2.45) is 5.73 Å². The lowest BCUT2D eigenvalue weighted by molar-refractivity contribution is -0.123. The SMILES string of the molecule is NC(=O)C1(c2cc(Br)ccn2)CCCC1. The molecule has 3 nitrogen and oxygen atoms in total. The molecule has 0 unspecified atom stereocenters. The predicted molar refractivity (Wildman–Crippen MR) is 61.3 cm³/mol. The standard InChI is InChI=1S/C11H13BrN2O/c12-8-3-6-14-9(7-8)11(10(13)15)4-1-2-5-11/h3,6-7H,1-2,4-5H2,(H2,13,15). The molecular formula is C11H13BrN2O. The first-order valence-corrected chi connectivity index (χ1v) is 5.86. The van der Waals surface area contributed by atoms with Crippen molar-refractivity contribution in [1.29, 1.82) is 0 Å². The lowest BCUT2D eigenvalue weighted by Gasteiger charge is -2.24. The Morgan fingerprint density at radius 2 is 2.13 bits per heavy atom. The van der Waals surface area contributed by atoms with E-state index < -0.39 is 5.41 Å². The van der Waals surface area contributed by atoms with Crippen LogP contribution in [0.25, 0.3) is 0 Å². The summed E-state index contributed by atoms with van der Waals surface area (Å²) in [6.07, 6.45) is 5.47. The lowest BCUT2D eigenvalue weighted by atomic mass is 9.81. The highest BCUT2D eigenvalue weighted by Gasteiger charge is 2.42. The topological polar surface area (TPSA) is 56.0 Å². The van der Waals surface area contributed by atoms with Crippen LogP contribution in [0.2, 0.25) is 0 Å².